The van der Waals surface area contributed by atoms with E-state index in [-0.39, 0.29) is 18.4 Å². The number of carbonyl (C=O) groups excluding carboxylic acids is 2. The van der Waals surface area contributed by atoms with Gasteiger partial charge in [0.05, 0.1) is 11.0 Å². The first kappa shape index (κ1) is 21.6. The van der Waals surface area contributed by atoms with Crippen LogP contribution in [0.5, 0.6) is 0 Å². The topological polar surface area (TPSA) is 67.2 Å². The number of aromatic nitrogens is 2. The van der Waals surface area contributed by atoms with Gasteiger partial charge in [0.2, 0.25) is 5.91 Å². The van der Waals surface area contributed by atoms with Gasteiger partial charge in [0.1, 0.15) is 12.4 Å². The van der Waals surface area contributed by atoms with Gasteiger partial charge in [-0.2, -0.15) is 0 Å². The van der Waals surface area contributed by atoms with Crippen molar-refractivity contribution < 1.29 is 9.59 Å². The molecular weight excluding hydrogens is 456 g/mol. The van der Waals surface area contributed by atoms with E-state index in [9.17, 15) is 9.59 Å². The lowest BCUT2D eigenvalue weighted by Crippen LogP contribution is -2.35. The van der Waals surface area contributed by atoms with Crippen molar-refractivity contribution in [1.29, 1.82) is 0 Å². The van der Waals surface area contributed by atoms with E-state index in [1.54, 1.807) is 12.1 Å². The van der Waals surface area contributed by atoms with Crippen LogP contribution in [0.25, 0.3) is 11.0 Å². The van der Waals surface area contributed by atoms with Crippen LogP contribution in [-0.2, 0) is 17.8 Å². The molecule has 3 aromatic rings. The number of fused-ring (bicyclic) bond motifs is 1. The standard InChI is InChI=1S/C24H27BrN4O2/c25-19-11-9-18(10-12-19)24(31)26-14-13-22-27-20-7-3-4-8-21(20)29(22)17-23(30)28-15-5-1-2-6-16-28/h3-4,7-12H,1-2,5-6,13-17H2,(H,26,31). The zero-order valence-corrected chi connectivity index (χ0v) is 19.1. The molecular formula is C24H27BrN4O2. The zero-order chi connectivity index (χ0) is 21.6. The van der Waals surface area contributed by atoms with Gasteiger partial charge in [-0.1, -0.05) is 40.9 Å². The van der Waals surface area contributed by atoms with Crippen molar-refractivity contribution in [2.24, 2.45) is 0 Å². The summed E-state index contributed by atoms with van der Waals surface area (Å²) in [5, 5.41) is 2.96. The van der Waals surface area contributed by atoms with E-state index in [0.29, 0.717) is 18.5 Å². The Labute approximate surface area is 190 Å². The minimum Gasteiger partial charge on any atom is -0.352 e. The minimum atomic E-state index is -0.115. The highest BCUT2D eigenvalue weighted by Crippen LogP contribution is 2.18. The maximum atomic E-state index is 13.0. The van der Waals surface area contributed by atoms with Gasteiger partial charge in [0, 0.05) is 36.1 Å². The largest absolute Gasteiger partial charge is 0.352 e. The summed E-state index contributed by atoms with van der Waals surface area (Å²) >= 11 is 3.38. The molecule has 1 aliphatic heterocycles. The fourth-order valence-corrected chi connectivity index (χ4v) is 4.30. The van der Waals surface area contributed by atoms with Gasteiger partial charge in [-0.3, -0.25) is 9.59 Å². The molecule has 0 spiro atoms. The predicted molar refractivity (Wildman–Crippen MR) is 125 cm³/mol. The van der Waals surface area contributed by atoms with Crippen molar-refractivity contribution in [1.82, 2.24) is 19.8 Å². The molecule has 1 N–H and O–H groups in total. The SMILES string of the molecule is O=C(NCCc1nc2ccccc2n1CC(=O)N1CCCCCC1)c1ccc(Br)cc1. The van der Waals surface area contributed by atoms with E-state index in [2.05, 4.69) is 21.2 Å². The molecule has 6 nitrogen and oxygen atoms in total. The number of nitrogens with zero attached hydrogens (tertiary/aromatic N) is 3. The van der Waals surface area contributed by atoms with Crippen LogP contribution < -0.4 is 5.32 Å². The smallest absolute Gasteiger partial charge is 0.251 e. The van der Waals surface area contributed by atoms with Crippen LogP contribution in [0.15, 0.2) is 53.0 Å². The average Bonchev–Trinajstić information content (AvgIpc) is 2.94. The van der Waals surface area contributed by atoms with Crippen LogP contribution in [0.3, 0.4) is 0 Å². The van der Waals surface area contributed by atoms with Crippen LogP contribution in [0.1, 0.15) is 41.9 Å². The molecule has 2 amide bonds. The molecule has 0 unspecified atom stereocenters. The number of hydrogen-bond donors (Lipinski definition) is 1. The summed E-state index contributed by atoms with van der Waals surface area (Å²) in [6, 6.07) is 15.2. The van der Waals surface area contributed by atoms with Crippen molar-refractivity contribution in [2.75, 3.05) is 19.6 Å². The molecule has 0 radical (unpaired) electrons. The third-order valence-electron chi connectivity index (χ3n) is 5.73. The van der Waals surface area contributed by atoms with Crippen molar-refractivity contribution in [3.05, 3.63) is 64.4 Å². The predicted octanol–water partition coefficient (Wildman–Crippen LogP) is 4.17. The summed E-state index contributed by atoms with van der Waals surface area (Å²) in [5.74, 6) is 0.849. The van der Waals surface area contributed by atoms with Gasteiger partial charge in [-0.15, -0.1) is 0 Å². The van der Waals surface area contributed by atoms with E-state index in [1.165, 1.54) is 12.8 Å². The minimum absolute atomic E-state index is 0.115. The van der Waals surface area contributed by atoms with Crippen molar-refractivity contribution in [3.63, 3.8) is 0 Å². The van der Waals surface area contributed by atoms with Crippen molar-refractivity contribution in [3.8, 4) is 0 Å². The van der Waals surface area contributed by atoms with Crippen LogP contribution in [-0.4, -0.2) is 45.9 Å². The molecule has 2 aromatic carbocycles. The van der Waals surface area contributed by atoms with Crippen LogP contribution in [0, 0.1) is 0 Å². The normalized spacial score (nSPS) is 14.4. The summed E-state index contributed by atoms with van der Waals surface area (Å²) < 4.78 is 2.95. The highest BCUT2D eigenvalue weighted by molar-refractivity contribution is 9.10. The number of amides is 2. The van der Waals surface area contributed by atoms with Crippen LogP contribution in [0.4, 0.5) is 0 Å². The molecule has 1 aliphatic rings. The molecule has 162 valence electrons. The number of para-hydroxylation sites is 2. The zero-order valence-electron chi connectivity index (χ0n) is 17.5. The molecule has 0 saturated carbocycles. The lowest BCUT2D eigenvalue weighted by Gasteiger charge is -2.21. The Balaban J connectivity index is 1.46. The maximum absolute atomic E-state index is 13.0. The Morgan fingerprint density at radius 3 is 2.42 bits per heavy atom. The average molecular weight is 483 g/mol. The number of rotatable bonds is 6. The highest BCUT2D eigenvalue weighted by Gasteiger charge is 2.19. The van der Waals surface area contributed by atoms with Gasteiger partial charge in [0.15, 0.2) is 0 Å². The molecule has 1 saturated heterocycles. The van der Waals surface area contributed by atoms with Crippen molar-refractivity contribution in [2.45, 2.75) is 38.6 Å². The van der Waals surface area contributed by atoms with E-state index in [0.717, 1.165) is 47.3 Å². The Bertz CT molecular complexity index is 1050. The molecule has 0 aliphatic carbocycles. The third-order valence-corrected chi connectivity index (χ3v) is 6.25. The second-order valence-corrected chi connectivity index (χ2v) is 8.83. The monoisotopic (exact) mass is 482 g/mol. The number of nitrogens with one attached hydrogen (secondary N) is 1. The Morgan fingerprint density at radius 2 is 1.68 bits per heavy atom. The third kappa shape index (κ3) is 5.34. The number of halogens is 1. The fraction of sp³-hybridized carbons (Fsp3) is 0.375. The van der Waals surface area contributed by atoms with Gasteiger partial charge in [0.25, 0.3) is 5.91 Å². The Hall–Kier alpha value is -2.67. The summed E-state index contributed by atoms with van der Waals surface area (Å²) in [4.78, 5) is 32.2. The highest BCUT2D eigenvalue weighted by atomic mass is 79.9. The van der Waals surface area contributed by atoms with Gasteiger partial charge in [-0.05, 0) is 49.2 Å². The summed E-state index contributed by atoms with van der Waals surface area (Å²) in [6.07, 6.45) is 5.10. The van der Waals surface area contributed by atoms with E-state index >= 15 is 0 Å². The number of benzene rings is 2. The number of likely N-dealkylation sites (tertiary alicyclic amines) is 1. The second-order valence-electron chi connectivity index (χ2n) is 7.91. The molecule has 31 heavy (non-hydrogen) atoms. The second kappa shape index (κ2) is 10.1. The lowest BCUT2D eigenvalue weighted by atomic mass is 10.2. The molecule has 0 bridgehead atoms. The number of carbonyl (C=O) groups is 2. The van der Waals surface area contributed by atoms with Crippen LogP contribution >= 0.6 is 15.9 Å². The number of imidazole rings is 1. The van der Waals surface area contributed by atoms with E-state index in [4.69, 9.17) is 4.98 Å². The molecule has 1 fully saturated rings. The molecule has 0 atom stereocenters. The molecule has 4 rings (SSSR count). The number of hydrogen-bond acceptors (Lipinski definition) is 3. The molecule has 2 heterocycles. The first-order chi connectivity index (χ1) is 15.1. The molecule has 7 heteroatoms. The van der Waals surface area contributed by atoms with Gasteiger partial charge in [-0.25, -0.2) is 4.98 Å². The van der Waals surface area contributed by atoms with Crippen molar-refractivity contribution >= 4 is 38.8 Å². The maximum Gasteiger partial charge on any atom is 0.251 e. The summed E-state index contributed by atoms with van der Waals surface area (Å²) in [7, 11) is 0. The van der Waals surface area contributed by atoms with Crippen LogP contribution in [0.2, 0.25) is 0 Å². The summed E-state index contributed by atoms with van der Waals surface area (Å²) in [5.41, 5.74) is 2.45. The first-order valence-electron chi connectivity index (χ1n) is 10.9. The lowest BCUT2D eigenvalue weighted by molar-refractivity contribution is -0.131. The molecule has 1 aromatic heterocycles. The summed E-state index contributed by atoms with van der Waals surface area (Å²) in [6.45, 7) is 2.42. The van der Waals surface area contributed by atoms with Gasteiger partial charge < -0.3 is 14.8 Å². The fourth-order valence-electron chi connectivity index (χ4n) is 4.04. The van der Waals surface area contributed by atoms with E-state index in [1.807, 2.05) is 45.9 Å². The Morgan fingerprint density at radius 1 is 0.968 bits per heavy atom. The first-order valence-corrected chi connectivity index (χ1v) is 11.7. The Kier molecular flexibility index (Phi) is 7.02. The van der Waals surface area contributed by atoms with E-state index < -0.39 is 0 Å². The van der Waals surface area contributed by atoms with Gasteiger partial charge >= 0.3 is 0 Å². The quantitative estimate of drug-likeness (QED) is 0.572.